The average molecular weight is 451 g/mol. The summed E-state index contributed by atoms with van der Waals surface area (Å²) in [6.07, 6.45) is 1.13. The van der Waals surface area contributed by atoms with Gasteiger partial charge in [0.1, 0.15) is 5.41 Å². The van der Waals surface area contributed by atoms with Crippen LogP contribution in [0, 0.1) is 5.41 Å². The van der Waals surface area contributed by atoms with Gasteiger partial charge < -0.3 is 18.4 Å². The van der Waals surface area contributed by atoms with Crippen molar-refractivity contribution < 1.29 is 28.0 Å². The second-order valence-electron chi connectivity index (χ2n) is 9.01. The highest BCUT2D eigenvalue weighted by Crippen LogP contribution is 2.52. The predicted molar refractivity (Wildman–Crippen MR) is 121 cm³/mol. The standard InChI is InChI=1S/C17H38O6Si4/c1-10-13(24-22-26(4,5)6)17(16(20)21,12(3)15(18)19)14(11-2)25-23-27(7,8)9/h13-14H,3,10-11,24-25H2,1-2,4-9H3,(H,18,19)(H,20,21). The summed E-state index contributed by atoms with van der Waals surface area (Å²) in [5, 5.41) is 20.1. The summed E-state index contributed by atoms with van der Waals surface area (Å²) in [6.45, 7) is 20.0. The van der Waals surface area contributed by atoms with E-state index >= 15 is 0 Å². The third-order valence-corrected chi connectivity index (χ3v) is 16.3. The van der Waals surface area contributed by atoms with E-state index in [4.69, 9.17) is 8.23 Å². The maximum Gasteiger partial charge on any atom is 0.332 e. The third-order valence-electron chi connectivity index (χ3n) is 4.82. The zero-order valence-corrected chi connectivity index (χ0v) is 23.0. The minimum absolute atomic E-state index is 0.216. The van der Waals surface area contributed by atoms with Crippen LogP contribution in [0.1, 0.15) is 26.7 Å². The summed E-state index contributed by atoms with van der Waals surface area (Å²) in [5.41, 5.74) is -2.37. The van der Waals surface area contributed by atoms with Gasteiger partial charge in [-0.2, -0.15) is 0 Å². The van der Waals surface area contributed by atoms with Crippen LogP contribution in [0.2, 0.25) is 50.4 Å². The van der Waals surface area contributed by atoms with Gasteiger partial charge in [0.2, 0.25) is 0 Å². The van der Waals surface area contributed by atoms with Gasteiger partial charge in [0.05, 0.1) is 0 Å². The molecule has 0 aliphatic heterocycles. The van der Waals surface area contributed by atoms with Crippen molar-refractivity contribution in [3.8, 4) is 0 Å². The van der Waals surface area contributed by atoms with Crippen LogP contribution < -0.4 is 0 Å². The highest BCUT2D eigenvalue weighted by atomic mass is 28.4. The number of carboxylic acids is 2. The molecule has 10 heteroatoms. The molecule has 0 heterocycles. The van der Waals surface area contributed by atoms with Crippen LogP contribution in [-0.4, -0.2) is 58.3 Å². The van der Waals surface area contributed by atoms with Crippen molar-refractivity contribution in [2.45, 2.75) is 77.1 Å². The molecule has 2 atom stereocenters. The van der Waals surface area contributed by atoms with Gasteiger partial charge in [0.15, 0.2) is 36.2 Å². The topological polar surface area (TPSA) is 93.1 Å². The van der Waals surface area contributed by atoms with Gasteiger partial charge in [-0.3, -0.25) is 4.79 Å². The summed E-state index contributed by atoms with van der Waals surface area (Å²) in [7, 11) is -6.19. The third kappa shape index (κ3) is 7.42. The minimum Gasteiger partial charge on any atom is -0.481 e. The SMILES string of the molecule is C=C(C(=O)O)C(C(=O)O)(C(CC)[SiH2]O[Si](C)(C)C)C(CC)[SiH2]O[Si](C)(C)C. The van der Waals surface area contributed by atoms with Crippen molar-refractivity contribution >= 4 is 48.1 Å². The van der Waals surface area contributed by atoms with Crippen molar-refractivity contribution in [1.82, 2.24) is 0 Å². The van der Waals surface area contributed by atoms with Crippen molar-refractivity contribution in [2.24, 2.45) is 5.41 Å². The average Bonchev–Trinajstić information content (AvgIpc) is 2.50. The summed E-state index contributed by atoms with van der Waals surface area (Å²) in [6, 6.07) is 0. The van der Waals surface area contributed by atoms with Gasteiger partial charge in [0, 0.05) is 5.57 Å². The van der Waals surface area contributed by atoms with Crippen molar-refractivity contribution in [3.63, 3.8) is 0 Å². The monoisotopic (exact) mass is 450 g/mol. The van der Waals surface area contributed by atoms with E-state index in [1.54, 1.807) is 0 Å². The number of rotatable bonds is 13. The first-order valence-electron chi connectivity index (χ1n) is 9.57. The lowest BCUT2D eigenvalue weighted by atomic mass is 9.72. The van der Waals surface area contributed by atoms with Crippen LogP contribution in [-0.2, 0) is 17.8 Å². The molecule has 0 radical (unpaired) electrons. The van der Waals surface area contributed by atoms with Crippen LogP contribution >= 0.6 is 0 Å². The Kier molecular flexibility index (Phi) is 10.1. The van der Waals surface area contributed by atoms with E-state index in [1.807, 2.05) is 13.8 Å². The molecule has 0 amide bonds. The van der Waals surface area contributed by atoms with Gasteiger partial charge in [-0.1, -0.05) is 33.3 Å². The molecule has 0 aromatic heterocycles. The Labute approximate surface area is 170 Å². The van der Waals surface area contributed by atoms with E-state index in [0.717, 1.165) is 0 Å². The van der Waals surface area contributed by atoms with Gasteiger partial charge in [-0.15, -0.1) is 0 Å². The van der Waals surface area contributed by atoms with Gasteiger partial charge in [-0.05, 0) is 50.4 Å². The Morgan fingerprint density at radius 2 is 1.26 bits per heavy atom. The fourth-order valence-electron chi connectivity index (χ4n) is 3.33. The predicted octanol–water partition coefficient (Wildman–Crippen LogP) is 2.97. The molecule has 27 heavy (non-hydrogen) atoms. The van der Waals surface area contributed by atoms with Crippen molar-refractivity contribution in [2.75, 3.05) is 0 Å². The minimum atomic E-state index is -1.83. The van der Waals surface area contributed by atoms with E-state index < -0.39 is 53.5 Å². The van der Waals surface area contributed by atoms with Crippen LogP contribution in [0.3, 0.4) is 0 Å². The first kappa shape index (κ1) is 26.5. The summed E-state index contributed by atoms with van der Waals surface area (Å²) in [4.78, 5) is 24.5. The van der Waals surface area contributed by atoms with E-state index in [0.29, 0.717) is 12.8 Å². The molecule has 2 unspecified atom stereocenters. The van der Waals surface area contributed by atoms with Crippen LogP contribution in [0.25, 0.3) is 0 Å². The molecule has 0 fully saturated rings. The molecule has 158 valence electrons. The van der Waals surface area contributed by atoms with Crippen molar-refractivity contribution in [3.05, 3.63) is 12.2 Å². The summed E-state index contributed by atoms with van der Waals surface area (Å²) >= 11 is 0. The highest BCUT2D eigenvalue weighted by molar-refractivity contribution is 6.74. The van der Waals surface area contributed by atoms with Gasteiger partial charge in [0.25, 0.3) is 0 Å². The zero-order valence-electron chi connectivity index (χ0n) is 18.2. The van der Waals surface area contributed by atoms with Crippen LogP contribution in [0.4, 0.5) is 0 Å². The number of carboxylic acid groups (broad SMARTS) is 2. The molecule has 0 rings (SSSR count). The fourth-order valence-corrected chi connectivity index (χ4v) is 11.8. The lowest BCUT2D eigenvalue weighted by Gasteiger charge is -2.43. The first-order chi connectivity index (χ1) is 12.1. The van der Waals surface area contributed by atoms with E-state index in [2.05, 4.69) is 45.9 Å². The molecule has 0 aromatic rings. The Hall–Kier alpha value is -0.532. The molecule has 2 N–H and O–H groups in total. The van der Waals surface area contributed by atoms with Gasteiger partial charge >= 0.3 is 11.9 Å². The second kappa shape index (κ2) is 10.3. The van der Waals surface area contributed by atoms with E-state index in [1.165, 1.54) is 0 Å². The van der Waals surface area contributed by atoms with Crippen molar-refractivity contribution in [1.29, 1.82) is 0 Å². The molecule has 0 saturated heterocycles. The number of aliphatic carboxylic acids is 2. The molecule has 0 bridgehead atoms. The normalized spacial score (nSPS) is 17.9. The lowest BCUT2D eigenvalue weighted by Crippen LogP contribution is -2.49. The Bertz CT molecular complexity index is 513. The molecule has 0 saturated carbocycles. The fraction of sp³-hybridized carbons (Fsp3) is 0.765. The Morgan fingerprint density at radius 1 is 0.926 bits per heavy atom. The smallest absolute Gasteiger partial charge is 0.332 e. The van der Waals surface area contributed by atoms with E-state index in [9.17, 15) is 19.8 Å². The van der Waals surface area contributed by atoms with E-state index in [-0.39, 0.29) is 16.7 Å². The number of carbonyl (C=O) groups is 2. The van der Waals surface area contributed by atoms with Gasteiger partial charge in [-0.25, -0.2) is 4.79 Å². The molecule has 0 spiro atoms. The first-order valence-corrected chi connectivity index (χ1v) is 19.2. The Morgan fingerprint density at radius 3 is 1.44 bits per heavy atom. The molecular formula is C17H38O6Si4. The summed E-state index contributed by atoms with van der Waals surface area (Å²) < 4.78 is 12.3. The van der Waals surface area contributed by atoms with Crippen LogP contribution in [0.15, 0.2) is 12.2 Å². The number of hydrogen-bond donors (Lipinski definition) is 2. The number of hydrogen-bond acceptors (Lipinski definition) is 4. The zero-order chi connectivity index (χ0) is 21.6. The lowest BCUT2D eigenvalue weighted by molar-refractivity contribution is -0.151. The Balaban J connectivity index is 6.27. The molecule has 0 aliphatic rings. The van der Waals surface area contributed by atoms with Crippen LogP contribution in [0.5, 0.6) is 0 Å². The maximum atomic E-state index is 12.6. The highest BCUT2D eigenvalue weighted by Gasteiger charge is 2.55. The largest absolute Gasteiger partial charge is 0.481 e. The molecule has 0 aliphatic carbocycles. The summed E-state index contributed by atoms with van der Waals surface area (Å²) in [5.74, 6) is -2.33. The second-order valence-corrected chi connectivity index (χ2v) is 22.4. The molecule has 6 nitrogen and oxygen atoms in total. The molecule has 0 aromatic carbocycles. The quantitative estimate of drug-likeness (QED) is 0.331. The molecular weight excluding hydrogens is 413 g/mol. The maximum absolute atomic E-state index is 12.6.